The van der Waals surface area contributed by atoms with Gasteiger partial charge in [0.25, 0.3) is 0 Å². The van der Waals surface area contributed by atoms with E-state index in [1.54, 1.807) is 0 Å². The lowest BCUT2D eigenvalue weighted by molar-refractivity contribution is 0.125. The van der Waals surface area contributed by atoms with Gasteiger partial charge < -0.3 is 5.73 Å². The maximum Gasteiger partial charge on any atom is 0.00981 e. The second-order valence-electron chi connectivity index (χ2n) is 5.00. The predicted molar refractivity (Wildman–Crippen MR) is 51.8 cm³/mol. The van der Waals surface area contributed by atoms with Crippen molar-refractivity contribution in [2.45, 2.75) is 45.6 Å². The van der Waals surface area contributed by atoms with Crippen LogP contribution in [0.15, 0.2) is 0 Å². The first-order valence-electron chi connectivity index (χ1n) is 5.45. The van der Waals surface area contributed by atoms with E-state index in [1.165, 1.54) is 25.7 Å². The third-order valence-corrected chi connectivity index (χ3v) is 4.39. The summed E-state index contributed by atoms with van der Waals surface area (Å²) >= 11 is 0. The number of hydrogen-bond donors (Lipinski definition) is 1. The molecule has 2 aliphatic rings. The van der Waals surface area contributed by atoms with Crippen LogP contribution in [0.1, 0.15) is 39.5 Å². The van der Waals surface area contributed by atoms with E-state index in [1.807, 2.05) is 0 Å². The summed E-state index contributed by atoms with van der Waals surface area (Å²) < 4.78 is 0. The van der Waals surface area contributed by atoms with E-state index in [0.717, 1.165) is 23.7 Å². The number of rotatable bonds is 0. The minimum atomic E-state index is 0.501. The highest BCUT2D eigenvalue weighted by Gasteiger charge is 2.41. The van der Waals surface area contributed by atoms with Gasteiger partial charge in [-0.3, -0.25) is 0 Å². The standard InChI is InChI=1S/C11H21N/c1-7-6-9-4-3-5-10(9)11(12)8(7)2/h7-11H,3-6,12H2,1-2H3. The maximum absolute atomic E-state index is 6.25. The van der Waals surface area contributed by atoms with E-state index in [9.17, 15) is 0 Å². The Bertz CT molecular complexity index is 166. The molecule has 0 aromatic rings. The van der Waals surface area contributed by atoms with Gasteiger partial charge >= 0.3 is 0 Å². The normalized spacial score (nSPS) is 53.8. The molecular formula is C11H21N. The lowest BCUT2D eigenvalue weighted by Crippen LogP contribution is -2.45. The topological polar surface area (TPSA) is 26.0 Å². The zero-order valence-electron chi connectivity index (χ0n) is 8.29. The summed E-state index contributed by atoms with van der Waals surface area (Å²) in [5, 5.41) is 0. The van der Waals surface area contributed by atoms with Gasteiger partial charge in [-0.15, -0.1) is 0 Å². The molecule has 2 saturated carbocycles. The Kier molecular flexibility index (Phi) is 2.16. The summed E-state index contributed by atoms with van der Waals surface area (Å²) in [6, 6.07) is 0.501. The largest absolute Gasteiger partial charge is 0.327 e. The molecule has 0 saturated heterocycles. The van der Waals surface area contributed by atoms with Crippen LogP contribution in [0.25, 0.3) is 0 Å². The fourth-order valence-electron chi connectivity index (χ4n) is 3.33. The molecule has 1 heteroatoms. The SMILES string of the molecule is CC1CC2CCCC2C(N)C1C. The molecule has 0 aromatic heterocycles. The number of fused-ring (bicyclic) bond motifs is 1. The Morgan fingerprint density at radius 2 is 1.92 bits per heavy atom. The van der Waals surface area contributed by atoms with Gasteiger partial charge in [0.05, 0.1) is 0 Å². The van der Waals surface area contributed by atoms with Crippen LogP contribution >= 0.6 is 0 Å². The quantitative estimate of drug-likeness (QED) is 0.589. The fourth-order valence-corrected chi connectivity index (χ4v) is 3.33. The van der Waals surface area contributed by atoms with Crippen molar-refractivity contribution >= 4 is 0 Å². The zero-order valence-corrected chi connectivity index (χ0v) is 8.29. The molecule has 2 N–H and O–H groups in total. The fraction of sp³-hybridized carbons (Fsp3) is 1.00. The first kappa shape index (κ1) is 8.55. The van der Waals surface area contributed by atoms with Crippen LogP contribution in [0, 0.1) is 23.7 Å². The van der Waals surface area contributed by atoms with Crippen molar-refractivity contribution in [3.05, 3.63) is 0 Å². The first-order chi connectivity index (χ1) is 5.70. The van der Waals surface area contributed by atoms with E-state index in [2.05, 4.69) is 13.8 Å². The Morgan fingerprint density at radius 3 is 2.67 bits per heavy atom. The number of hydrogen-bond acceptors (Lipinski definition) is 1. The summed E-state index contributed by atoms with van der Waals surface area (Å²) in [4.78, 5) is 0. The van der Waals surface area contributed by atoms with Gasteiger partial charge in [0, 0.05) is 6.04 Å². The van der Waals surface area contributed by atoms with Crippen molar-refractivity contribution in [1.29, 1.82) is 0 Å². The first-order valence-corrected chi connectivity index (χ1v) is 5.45. The smallest absolute Gasteiger partial charge is 0.00981 e. The van der Waals surface area contributed by atoms with Crippen molar-refractivity contribution in [1.82, 2.24) is 0 Å². The molecule has 12 heavy (non-hydrogen) atoms. The highest BCUT2D eigenvalue weighted by atomic mass is 14.7. The third-order valence-electron chi connectivity index (χ3n) is 4.39. The molecule has 0 aromatic carbocycles. The second-order valence-corrected chi connectivity index (χ2v) is 5.00. The predicted octanol–water partition coefficient (Wildman–Crippen LogP) is 2.41. The third kappa shape index (κ3) is 1.19. The average molecular weight is 167 g/mol. The van der Waals surface area contributed by atoms with Gasteiger partial charge in [-0.1, -0.05) is 26.7 Å². The van der Waals surface area contributed by atoms with Gasteiger partial charge in [-0.05, 0) is 36.5 Å². The Balaban J connectivity index is 2.10. The minimum absolute atomic E-state index is 0.501. The molecule has 2 aliphatic carbocycles. The van der Waals surface area contributed by atoms with E-state index in [-0.39, 0.29) is 0 Å². The van der Waals surface area contributed by atoms with Crippen LogP contribution in [0.2, 0.25) is 0 Å². The molecule has 0 bridgehead atoms. The molecule has 0 aliphatic heterocycles. The molecule has 0 heterocycles. The van der Waals surface area contributed by atoms with E-state index in [0.29, 0.717) is 6.04 Å². The highest BCUT2D eigenvalue weighted by Crippen LogP contribution is 2.45. The van der Waals surface area contributed by atoms with Crippen molar-refractivity contribution in [2.24, 2.45) is 29.4 Å². The molecule has 2 fully saturated rings. The van der Waals surface area contributed by atoms with Crippen molar-refractivity contribution in [3.63, 3.8) is 0 Å². The molecule has 2 rings (SSSR count). The van der Waals surface area contributed by atoms with E-state index < -0.39 is 0 Å². The monoisotopic (exact) mass is 167 g/mol. The van der Waals surface area contributed by atoms with Gasteiger partial charge in [0.2, 0.25) is 0 Å². The van der Waals surface area contributed by atoms with Gasteiger partial charge in [0.15, 0.2) is 0 Å². The summed E-state index contributed by atoms with van der Waals surface area (Å²) in [5.74, 6) is 3.46. The van der Waals surface area contributed by atoms with E-state index >= 15 is 0 Å². The van der Waals surface area contributed by atoms with Gasteiger partial charge in [-0.25, -0.2) is 0 Å². The number of nitrogens with two attached hydrogens (primary N) is 1. The van der Waals surface area contributed by atoms with Crippen molar-refractivity contribution < 1.29 is 0 Å². The highest BCUT2D eigenvalue weighted by molar-refractivity contribution is 4.94. The lowest BCUT2D eigenvalue weighted by atomic mass is 9.68. The Hall–Kier alpha value is -0.0400. The molecule has 0 radical (unpaired) electrons. The summed E-state index contributed by atoms with van der Waals surface area (Å²) in [5.41, 5.74) is 6.25. The van der Waals surface area contributed by atoms with Crippen LogP contribution in [0.3, 0.4) is 0 Å². The minimum Gasteiger partial charge on any atom is -0.327 e. The average Bonchev–Trinajstić information content (AvgIpc) is 2.48. The molecule has 0 amide bonds. The molecule has 70 valence electrons. The second kappa shape index (κ2) is 3.02. The molecule has 0 spiro atoms. The summed E-state index contributed by atoms with van der Waals surface area (Å²) in [7, 11) is 0. The van der Waals surface area contributed by atoms with Crippen LogP contribution in [-0.4, -0.2) is 6.04 Å². The van der Waals surface area contributed by atoms with Gasteiger partial charge in [-0.2, -0.15) is 0 Å². The van der Waals surface area contributed by atoms with E-state index in [4.69, 9.17) is 5.73 Å². The van der Waals surface area contributed by atoms with Crippen molar-refractivity contribution in [3.8, 4) is 0 Å². The summed E-state index contributed by atoms with van der Waals surface area (Å²) in [6.45, 7) is 4.71. The van der Waals surface area contributed by atoms with Crippen LogP contribution < -0.4 is 5.73 Å². The van der Waals surface area contributed by atoms with Crippen LogP contribution in [0.5, 0.6) is 0 Å². The molecule has 5 unspecified atom stereocenters. The lowest BCUT2D eigenvalue weighted by Gasteiger charge is -2.40. The molecule has 5 atom stereocenters. The molecule has 1 nitrogen and oxygen atoms in total. The summed E-state index contributed by atoms with van der Waals surface area (Å²) in [6.07, 6.45) is 5.74. The van der Waals surface area contributed by atoms with Gasteiger partial charge in [0.1, 0.15) is 0 Å². The maximum atomic E-state index is 6.25. The van der Waals surface area contributed by atoms with Crippen molar-refractivity contribution in [2.75, 3.05) is 0 Å². The van der Waals surface area contributed by atoms with Crippen LogP contribution in [-0.2, 0) is 0 Å². The van der Waals surface area contributed by atoms with Crippen LogP contribution in [0.4, 0.5) is 0 Å². The Morgan fingerprint density at radius 1 is 1.17 bits per heavy atom. The zero-order chi connectivity index (χ0) is 8.72. The Labute approximate surface area is 75.7 Å². The molecular weight excluding hydrogens is 146 g/mol.